The van der Waals surface area contributed by atoms with Crippen molar-refractivity contribution in [3.8, 4) is 5.75 Å². The van der Waals surface area contributed by atoms with E-state index >= 15 is 0 Å². The second kappa shape index (κ2) is 12.3. The van der Waals surface area contributed by atoms with E-state index in [4.69, 9.17) is 0 Å². The maximum atomic E-state index is 14.8. The number of alkyl halides is 3. The smallest absolute Gasteiger partial charge is 0.387 e. The van der Waals surface area contributed by atoms with Crippen LogP contribution in [0.25, 0.3) is 11.1 Å². The summed E-state index contributed by atoms with van der Waals surface area (Å²) in [6.45, 7) is -0.809. The summed E-state index contributed by atoms with van der Waals surface area (Å²) in [6, 6.07) is 17.2. The molecular formula is C32H31F4NO3. The Morgan fingerprint density at radius 1 is 1.02 bits per heavy atom. The number of para-hydroxylation sites is 1. The summed E-state index contributed by atoms with van der Waals surface area (Å²) in [7, 11) is 0. The van der Waals surface area contributed by atoms with Crippen LogP contribution in [0.5, 0.6) is 5.75 Å². The summed E-state index contributed by atoms with van der Waals surface area (Å²) in [4.78, 5) is 13.9. The lowest BCUT2D eigenvalue weighted by molar-refractivity contribution is -0.0523. The van der Waals surface area contributed by atoms with Gasteiger partial charge >= 0.3 is 12.6 Å². The molecule has 5 rings (SSSR count). The fraction of sp³-hybridized carbons (Fsp3) is 0.344. The maximum Gasteiger partial charge on any atom is 0.387 e. The number of carboxylic acid groups (broad SMARTS) is 1. The Morgan fingerprint density at radius 2 is 1.80 bits per heavy atom. The first-order valence-electron chi connectivity index (χ1n) is 13.5. The lowest BCUT2D eigenvalue weighted by Crippen LogP contribution is -2.47. The molecule has 0 radical (unpaired) electrons. The summed E-state index contributed by atoms with van der Waals surface area (Å²) in [5, 5.41) is 9.55. The number of likely N-dealkylation sites (tertiary alicyclic amines) is 1. The van der Waals surface area contributed by atoms with Gasteiger partial charge in [0.2, 0.25) is 0 Å². The zero-order chi connectivity index (χ0) is 28.2. The number of rotatable bonds is 10. The SMILES string of the molecule is O=C(O)c1ccc2c(c1)CCCC(c1cccc(F)c1OC(F)F)=C2c1ccc(CC2CN(CCCF)C2)cc1. The van der Waals surface area contributed by atoms with Crippen LogP contribution < -0.4 is 4.74 Å². The van der Waals surface area contributed by atoms with Crippen molar-refractivity contribution in [3.05, 3.63) is 99.9 Å². The molecular weight excluding hydrogens is 522 g/mol. The summed E-state index contributed by atoms with van der Waals surface area (Å²) < 4.78 is 58.5. The predicted molar refractivity (Wildman–Crippen MR) is 146 cm³/mol. The molecule has 1 N–H and O–H groups in total. The van der Waals surface area contributed by atoms with Crippen molar-refractivity contribution in [2.24, 2.45) is 5.92 Å². The van der Waals surface area contributed by atoms with Gasteiger partial charge in [0.25, 0.3) is 0 Å². The number of carboxylic acids is 1. The lowest BCUT2D eigenvalue weighted by Gasteiger charge is -2.39. The number of hydrogen-bond donors (Lipinski definition) is 1. The monoisotopic (exact) mass is 553 g/mol. The van der Waals surface area contributed by atoms with Crippen LogP contribution in [0.15, 0.2) is 60.7 Å². The van der Waals surface area contributed by atoms with Crippen LogP contribution in [-0.4, -0.2) is 48.9 Å². The fourth-order valence-electron chi connectivity index (χ4n) is 5.89. The average molecular weight is 554 g/mol. The Labute approximate surface area is 230 Å². The molecule has 4 nitrogen and oxygen atoms in total. The highest BCUT2D eigenvalue weighted by atomic mass is 19.3. The van der Waals surface area contributed by atoms with Crippen molar-refractivity contribution in [2.45, 2.75) is 38.7 Å². The van der Waals surface area contributed by atoms with E-state index in [-0.39, 0.29) is 17.8 Å². The van der Waals surface area contributed by atoms with Gasteiger partial charge in [-0.2, -0.15) is 8.78 Å². The van der Waals surface area contributed by atoms with Crippen molar-refractivity contribution in [3.63, 3.8) is 0 Å². The van der Waals surface area contributed by atoms with Crippen molar-refractivity contribution < 1.29 is 32.2 Å². The summed E-state index contributed by atoms with van der Waals surface area (Å²) >= 11 is 0. The normalized spacial score (nSPS) is 16.0. The number of ether oxygens (including phenoxy) is 1. The predicted octanol–water partition coefficient (Wildman–Crippen LogP) is 7.25. The van der Waals surface area contributed by atoms with Crippen LogP contribution in [0.1, 0.15) is 57.4 Å². The second-order valence-corrected chi connectivity index (χ2v) is 10.4. The lowest BCUT2D eigenvalue weighted by atomic mass is 9.86. The summed E-state index contributed by atoms with van der Waals surface area (Å²) in [6.07, 6.45) is 3.13. The third kappa shape index (κ3) is 6.07. The second-order valence-electron chi connectivity index (χ2n) is 10.4. The standard InChI is InChI=1S/C32H31F4NO3/c33-14-3-15-37-18-21(19-37)16-20-8-10-22(11-9-20)29-25-13-12-24(31(38)39)17-23(25)4-1-5-26(29)27-6-2-7-28(34)30(27)40-32(35)36/h2,6-13,17,21,32H,1,3-5,14-16,18-19H2,(H,38,39). The number of allylic oxidation sites excluding steroid dienone is 1. The molecule has 1 aliphatic carbocycles. The minimum absolute atomic E-state index is 0.172. The molecule has 0 aromatic heterocycles. The van der Waals surface area contributed by atoms with Gasteiger partial charge < -0.3 is 14.7 Å². The Morgan fingerprint density at radius 3 is 2.50 bits per heavy atom. The Bertz CT molecular complexity index is 1400. The number of carbonyl (C=O) groups is 1. The number of hydrogen-bond acceptors (Lipinski definition) is 3. The Hall–Kier alpha value is -3.65. The zero-order valence-corrected chi connectivity index (χ0v) is 22.0. The Kier molecular flexibility index (Phi) is 8.54. The van der Waals surface area contributed by atoms with Crippen LogP contribution in [0, 0.1) is 11.7 Å². The van der Waals surface area contributed by atoms with Crippen molar-refractivity contribution in [1.29, 1.82) is 0 Å². The third-order valence-corrected chi connectivity index (χ3v) is 7.70. The van der Waals surface area contributed by atoms with Crippen LogP contribution in [0.2, 0.25) is 0 Å². The van der Waals surface area contributed by atoms with Gasteiger partial charge in [-0.3, -0.25) is 4.39 Å². The van der Waals surface area contributed by atoms with E-state index in [0.29, 0.717) is 37.2 Å². The van der Waals surface area contributed by atoms with Crippen LogP contribution in [0.4, 0.5) is 17.6 Å². The molecule has 1 heterocycles. The minimum atomic E-state index is -3.19. The molecule has 0 amide bonds. The van der Waals surface area contributed by atoms with Crippen molar-refractivity contribution in [2.75, 3.05) is 26.3 Å². The highest BCUT2D eigenvalue weighted by Crippen LogP contribution is 2.43. The molecule has 0 bridgehead atoms. The Balaban J connectivity index is 1.55. The van der Waals surface area contributed by atoms with E-state index in [0.717, 1.165) is 59.9 Å². The van der Waals surface area contributed by atoms with Gasteiger partial charge in [-0.1, -0.05) is 42.5 Å². The molecule has 2 aliphatic rings. The molecule has 1 saturated heterocycles. The first-order chi connectivity index (χ1) is 19.3. The van der Waals surface area contributed by atoms with Crippen LogP contribution >= 0.6 is 0 Å². The van der Waals surface area contributed by atoms with Gasteiger partial charge in [-0.15, -0.1) is 0 Å². The number of fused-ring (bicyclic) bond motifs is 1. The molecule has 3 aromatic rings. The van der Waals surface area contributed by atoms with E-state index in [1.54, 1.807) is 18.2 Å². The van der Waals surface area contributed by atoms with Gasteiger partial charge in [-0.25, -0.2) is 9.18 Å². The molecule has 3 aromatic carbocycles. The first kappa shape index (κ1) is 27.9. The molecule has 0 spiro atoms. The minimum Gasteiger partial charge on any atom is -0.478 e. The number of benzene rings is 3. The average Bonchev–Trinajstić information content (AvgIpc) is 3.10. The number of aromatic carboxylic acids is 1. The van der Waals surface area contributed by atoms with Crippen molar-refractivity contribution in [1.82, 2.24) is 4.90 Å². The summed E-state index contributed by atoms with van der Waals surface area (Å²) in [5.41, 5.74) is 5.47. The molecule has 210 valence electrons. The first-order valence-corrected chi connectivity index (χ1v) is 13.5. The fourth-order valence-corrected chi connectivity index (χ4v) is 5.89. The van der Waals surface area contributed by atoms with Gasteiger partial charge in [0.15, 0.2) is 11.6 Å². The van der Waals surface area contributed by atoms with Crippen molar-refractivity contribution >= 4 is 17.1 Å². The van der Waals surface area contributed by atoms with E-state index in [9.17, 15) is 27.5 Å². The maximum absolute atomic E-state index is 14.8. The van der Waals surface area contributed by atoms with E-state index in [1.165, 1.54) is 12.1 Å². The zero-order valence-electron chi connectivity index (χ0n) is 22.0. The quantitative estimate of drug-likeness (QED) is 0.269. The highest BCUT2D eigenvalue weighted by molar-refractivity contribution is 6.01. The van der Waals surface area contributed by atoms with Gasteiger partial charge in [-0.05, 0) is 89.6 Å². The van der Waals surface area contributed by atoms with Gasteiger partial charge in [0.1, 0.15) is 0 Å². The van der Waals surface area contributed by atoms with E-state index in [2.05, 4.69) is 9.64 Å². The van der Waals surface area contributed by atoms with Gasteiger partial charge in [0.05, 0.1) is 12.2 Å². The van der Waals surface area contributed by atoms with Crippen LogP contribution in [0.3, 0.4) is 0 Å². The van der Waals surface area contributed by atoms with E-state index < -0.39 is 24.1 Å². The highest BCUT2D eigenvalue weighted by Gasteiger charge is 2.27. The molecule has 0 saturated carbocycles. The topological polar surface area (TPSA) is 49.8 Å². The molecule has 1 fully saturated rings. The molecule has 40 heavy (non-hydrogen) atoms. The van der Waals surface area contributed by atoms with E-state index in [1.807, 2.05) is 24.3 Å². The third-order valence-electron chi connectivity index (χ3n) is 7.70. The van der Waals surface area contributed by atoms with Crippen LogP contribution in [-0.2, 0) is 12.8 Å². The molecule has 0 atom stereocenters. The number of halogens is 4. The molecule has 8 heteroatoms. The number of nitrogens with zero attached hydrogens (tertiary/aromatic N) is 1. The largest absolute Gasteiger partial charge is 0.478 e. The molecule has 1 aliphatic heterocycles. The molecule has 0 unspecified atom stereocenters. The number of aryl methyl sites for hydroxylation is 1. The van der Waals surface area contributed by atoms with Gasteiger partial charge in [0, 0.05) is 25.2 Å². The summed E-state index contributed by atoms with van der Waals surface area (Å²) in [5.74, 6) is -1.88.